The molecule has 0 unspecified atom stereocenters. The molecule has 10 heteroatoms. The number of aromatic nitrogens is 2. The second-order valence-corrected chi connectivity index (χ2v) is 9.30. The Morgan fingerprint density at radius 1 is 1.15 bits per heavy atom. The van der Waals surface area contributed by atoms with Gasteiger partial charge in [0.2, 0.25) is 5.91 Å². The van der Waals surface area contributed by atoms with E-state index in [1.165, 1.54) is 23.1 Å². The molecule has 0 spiro atoms. The van der Waals surface area contributed by atoms with Crippen LogP contribution < -0.4 is 10.1 Å². The number of esters is 1. The quantitative estimate of drug-likeness (QED) is 0.202. The molecular weight excluding hydrogens is 494 g/mol. The number of anilines is 1. The van der Waals surface area contributed by atoms with E-state index in [0.717, 1.165) is 16.8 Å². The van der Waals surface area contributed by atoms with Gasteiger partial charge in [-0.05, 0) is 32.0 Å². The molecule has 0 saturated carbocycles. The van der Waals surface area contributed by atoms with Crippen LogP contribution in [0.4, 0.5) is 5.00 Å². The number of fused-ring (bicyclic) bond motifs is 1. The Morgan fingerprint density at radius 2 is 1.97 bits per heavy atom. The molecule has 2 aromatic heterocycles. The summed E-state index contributed by atoms with van der Waals surface area (Å²) in [5.74, 6) is 0.0914. The summed E-state index contributed by atoms with van der Waals surface area (Å²) in [6, 6.07) is 12.8. The van der Waals surface area contributed by atoms with Gasteiger partial charge in [0.25, 0.3) is 0 Å². The van der Waals surface area contributed by atoms with Gasteiger partial charge in [0.1, 0.15) is 16.3 Å². The molecule has 0 bridgehead atoms. The van der Waals surface area contributed by atoms with Crippen molar-refractivity contribution in [2.45, 2.75) is 19.0 Å². The molecule has 0 radical (unpaired) electrons. The van der Waals surface area contributed by atoms with Crippen molar-refractivity contribution >= 4 is 62.6 Å². The fraction of sp³-hybridized carbons (Fsp3) is 0.208. The molecule has 7 nitrogen and oxygen atoms in total. The number of thioether (sulfide) groups is 1. The first-order valence-corrected chi connectivity index (χ1v) is 12.8. The Balaban J connectivity index is 1.50. The van der Waals surface area contributed by atoms with Crippen molar-refractivity contribution in [1.82, 2.24) is 9.97 Å². The number of aromatic amines is 1. The predicted octanol–water partition coefficient (Wildman–Crippen LogP) is 6.25. The van der Waals surface area contributed by atoms with Crippen LogP contribution in [0.2, 0.25) is 5.02 Å². The molecule has 0 saturated heterocycles. The monoisotopic (exact) mass is 515 g/mol. The maximum atomic E-state index is 12.7. The number of hydrogen-bond donors (Lipinski definition) is 2. The van der Waals surface area contributed by atoms with Gasteiger partial charge in [0.15, 0.2) is 5.16 Å². The van der Waals surface area contributed by atoms with Gasteiger partial charge in [-0.3, -0.25) is 4.79 Å². The van der Waals surface area contributed by atoms with Crippen LogP contribution in [0.1, 0.15) is 24.2 Å². The Bertz CT molecular complexity index is 1340. The molecule has 2 aromatic carbocycles. The highest BCUT2D eigenvalue weighted by Gasteiger charge is 2.24. The van der Waals surface area contributed by atoms with Crippen LogP contribution in [0.15, 0.2) is 53.0 Å². The molecule has 176 valence electrons. The molecule has 0 aliphatic carbocycles. The maximum Gasteiger partial charge on any atom is 0.341 e. The van der Waals surface area contributed by atoms with Gasteiger partial charge in [-0.1, -0.05) is 41.6 Å². The fourth-order valence-corrected chi connectivity index (χ4v) is 5.21. The summed E-state index contributed by atoms with van der Waals surface area (Å²) in [5, 5.41) is 6.19. The number of H-pyrrole nitrogens is 1. The molecule has 4 aromatic rings. The molecule has 0 fully saturated rings. The van der Waals surface area contributed by atoms with Crippen LogP contribution in [-0.2, 0) is 9.53 Å². The molecule has 4 rings (SSSR count). The minimum absolute atomic E-state index is 0.111. The summed E-state index contributed by atoms with van der Waals surface area (Å²) < 4.78 is 10.8. The molecule has 0 aliphatic rings. The standard InChI is InChI=1S/C24H22ClN3O4S2/c1-3-31-14-9-10-18-19(11-14)27-24(26-18)34-13-20(29)28-22-21(23(30)32-4-2)16(12-33-22)15-7-5-6-8-17(15)25/h5-12H,3-4,13H2,1-2H3,(H,26,27)(H,28,29). The lowest BCUT2D eigenvalue weighted by Crippen LogP contribution is -2.16. The van der Waals surface area contributed by atoms with E-state index in [1.54, 1.807) is 18.4 Å². The highest BCUT2D eigenvalue weighted by molar-refractivity contribution is 7.99. The molecule has 2 N–H and O–H groups in total. The molecular formula is C24H22ClN3O4S2. The van der Waals surface area contributed by atoms with Crippen LogP contribution in [0.25, 0.3) is 22.2 Å². The van der Waals surface area contributed by atoms with Crippen molar-refractivity contribution in [3.05, 3.63) is 58.4 Å². The molecule has 0 atom stereocenters. The maximum absolute atomic E-state index is 12.7. The number of thiophene rings is 1. The number of ether oxygens (including phenoxy) is 2. The second-order valence-electron chi connectivity index (χ2n) is 7.04. The van der Waals surface area contributed by atoms with Gasteiger partial charge in [-0.2, -0.15) is 0 Å². The number of rotatable bonds is 9. The van der Waals surface area contributed by atoms with Gasteiger partial charge in [0, 0.05) is 27.6 Å². The first kappa shape index (κ1) is 24.1. The van der Waals surface area contributed by atoms with Crippen molar-refractivity contribution in [3.63, 3.8) is 0 Å². The smallest absolute Gasteiger partial charge is 0.341 e. The van der Waals surface area contributed by atoms with Crippen molar-refractivity contribution < 1.29 is 19.1 Å². The van der Waals surface area contributed by atoms with Crippen molar-refractivity contribution in [2.75, 3.05) is 24.3 Å². The third-order valence-electron chi connectivity index (χ3n) is 4.77. The Kier molecular flexibility index (Phi) is 7.77. The average Bonchev–Trinajstić information content (AvgIpc) is 3.42. The topological polar surface area (TPSA) is 93.3 Å². The van der Waals surface area contributed by atoms with E-state index < -0.39 is 5.97 Å². The third-order valence-corrected chi connectivity index (χ3v) is 6.87. The van der Waals surface area contributed by atoms with Crippen molar-refractivity contribution in [2.24, 2.45) is 0 Å². The van der Waals surface area contributed by atoms with E-state index >= 15 is 0 Å². The Hall–Kier alpha value is -3.01. The number of carbonyl (C=O) groups is 2. The fourth-order valence-electron chi connectivity index (χ4n) is 3.32. The van der Waals surface area contributed by atoms with Gasteiger partial charge >= 0.3 is 5.97 Å². The number of nitrogens with zero attached hydrogens (tertiary/aromatic N) is 1. The number of halogens is 1. The number of nitrogens with one attached hydrogen (secondary N) is 2. The van der Waals surface area contributed by atoms with Gasteiger partial charge in [-0.25, -0.2) is 9.78 Å². The number of carbonyl (C=O) groups excluding carboxylic acids is 2. The summed E-state index contributed by atoms with van der Waals surface area (Å²) in [5.41, 5.74) is 3.25. The minimum atomic E-state index is -0.510. The Morgan fingerprint density at radius 3 is 2.74 bits per heavy atom. The van der Waals surface area contributed by atoms with E-state index in [4.69, 9.17) is 21.1 Å². The average molecular weight is 516 g/mol. The van der Waals surface area contributed by atoms with E-state index in [0.29, 0.717) is 38.5 Å². The molecule has 2 heterocycles. The third kappa shape index (κ3) is 5.38. The zero-order valence-corrected chi connectivity index (χ0v) is 20.9. The lowest BCUT2D eigenvalue weighted by molar-refractivity contribution is -0.113. The number of amides is 1. The Labute approximate surface area is 209 Å². The highest BCUT2D eigenvalue weighted by Crippen LogP contribution is 2.39. The van der Waals surface area contributed by atoms with Crippen LogP contribution in [0.3, 0.4) is 0 Å². The van der Waals surface area contributed by atoms with Gasteiger partial charge in [0.05, 0.1) is 30.0 Å². The molecule has 1 amide bonds. The predicted molar refractivity (Wildman–Crippen MR) is 137 cm³/mol. The van der Waals surface area contributed by atoms with E-state index in [2.05, 4.69) is 15.3 Å². The van der Waals surface area contributed by atoms with Crippen LogP contribution in [0, 0.1) is 0 Å². The van der Waals surface area contributed by atoms with E-state index in [9.17, 15) is 9.59 Å². The second kappa shape index (κ2) is 10.9. The SMILES string of the molecule is CCOC(=O)c1c(-c2ccccc2Cl)csc1NC(=O)CSc1nc2ccc(OCC)cc2[nH]1. The number of hydrogen-bond acceptors (Lipinski definition) is 7. The lowest BCUT2D eigenvalue weighted by Gasteiger charge is -2.09. The lowest BCUT2D eigenvalue weighted by atomic mass is 10.0. The van der Waals surface area contributed by atoms with Crippen LogP contribution in [0.5, 0.6) is 5.75 Å². The van der Waals surface area contributed by atoms with E-state index in [-0.39, 0.29) is 18.3 Å². The van der Waals surface area contributed by atoms with Crippen molar-refractivity contribution in [1.29, 1.82) is 0 Å². The largest absolute Gasteiger partial charge is 0.494 e. The number of imidazole rings is 1. The summed E-state index contributed by atoms with van der Waals surface area (Å²) in [6.45, 7) is 4.46. The van der Waals surface area contributed by atoms with Gasteiger partial charge < -0.3 is 19.8 Å². The summed E-state index contributed by atoms with van der Waals surface area (Å²) in [7, 11) is 0. The molecule has 0 aliphatic heterocycles. The summed E-state index contributed by atoms with van der Waals surface area (Å²) >= 11 is 8.88. The highest BCUT2D eigenvalue weighted by atomic mass is 35.5. The summed E-state index contributed by atoms with van der Waals surface area (Å²) in [4.78, 5) is 33.1. The van der Waals surface area contributed by atoms with Crippen LogP contribution >= 0.6 is 34.7 Å². The van der Waals surface area contributed by atoms with Crippen molar-refractivity contribution in [3.8, 4) is 16.9 Å². The van der Waals surface area contributed by atoms with Crippen LogP contribution in [-0.4, -0.2) is 40.8 Å². The summed E-state index contributed by atoms with van der Waals surface area (Å²) in [6.07, 6.45) is 0. The van der Waals surface area contributed by atoms with Gasteiger partial charge in [-0.15, -0.1) is 11.3 Å². The minimum Gasteiger partial charge on any atom is -0.494 e. The molecule has 34 heavy (non-hydrogen) atoms. The van der Waals surface area contributed by atoms with E-state index in [1.807, 2.05) is 43.3 Å². The normalized spacial score (nSPS) is 10.9. The first-order valence-electron chi connectivity index (χ1n) is 10.6. The number of benzene rings is 2. The zero-order valence-electron chi connectivity index (χ0n) is 18.5. The first-order chi connectivity index (χ1) is 16.5. The zero-order chi connectivity index (χ0) is 24.1.